The molecule has 0 aromatic heterocycles. The maximum absolute atomic E-state index is 12.5. The van der Waals surface area contributed by atoms with Crippen molar-refractivity contribution in [2.45, 2.75) is 13.5 Å². The average Bonchev–Trinajstić information content (AvgIpc) is 2.79. The summed E-state index contributed by atoms with van der Waals surface area (Å²) in [4.78, 5) is 12.5. The van der Waals surface area contributed by atoms with Crippen LogP contribution in [-0.4, -0.2) is 12.5 Å². The molecule has 0 aliphatic carbocycles. The first-order chi connectivity index (χ1) is 15.1. The molecule has 0 atom stereocenters. The Morgan fingerprint density at radius 2 is 1.81 bits per heavy atom. The van der Waals surface area contributed by atoms with Gasteiger partial charge in [0.05, 0.1) is 11.1 Å². The number of nitrogens with zero attached hydrogens (tertiary/aromatic N) is 1. The van der Waals surface area contributed by atoms with Gasteiger partial charge in [0.25, 0.3) is 5.91 Å². The Morgan fingerprint density at radius 1 is 1.06 bits per heavy atom. The van der Waals surface area contributed by atoms with Gasteiger partial charge in [-0.2, -0.15) is 5.26 Å². The van der Waals surface area contributed by atoms with Crippen molar-refractivity contribution in [2.24, 2.45) is 0 Å². The van der Waals surface area contributed by atoms with Crippen LogP contribution in [-0.2, 0) is 11.4 Å². The summed E-state index contributed by atoms with van der Waals surface area (Å²) in [5, 5.41) is 12.2. The number of anilines is 1. The fourth-order valence-electron chi connectivity index (χ4n) is 2.77. The number of nitrogens with one attached hydrogen (secondary N) is 1. The third-order valence-corrected chi connectivity index (χ3v) is 4.91. The number of hydrogen-bond donors (Lipinski definition) is 1. The molecular formula is C25H21BrN2O3. The van der Waals surface area contributed by atoms with Crippen molar-refractivity contribution in [3.8, 4) is 17.6 Å². The molecule has 0 aliphatic rings. The molecule has 156 valence electrons. The maximum Gasteiger partial charge on any atom is 0.266 e. The molecule has 0 bridgehead atoms. The summed E-state index contributed by atoms with van der Waals surface area (Å²) < 4.78 is 12.0. The third-order valence-electron chi connectivity index (χ3n) is 4.29. The van der Waals surface area contributed by atoms with Crippen LogP contribution >= 0.6 is 15.9 Å². The van der Waals surface area contributed by atoms with Crippen LogP contribution in [0.5, 0.6) is 11.5 Å². The zero-order valence-corrected chi connectivity index (χ0v) is 18.6. The van der Waals surface area contributed by atoms with Crippen molar-refractivity contribution in [2.75, 3.05) is 11.9 Å². The minimum Gasteiger partial charge on any atom is -0.494 e. The van der Waals surface area contributed by atoms with Gasteiger partial charge in [0.1, 0.15) is 29.7 Å². The van der Waals surface area contributed by atoms with E-state index >= 15 is 0 Å². The highest BCUT2D eigenvalue weighted by Crippen LogP contribution is 2.28. The van der Waals surface area contributed by atoms with Gasteiger partial charge in [0.15, 0.2) is 0 Å². The van der Waals surface area contributed by atoms with E-state index in [0.717, 1.165) is 15.8 Å². The number of halogens is 1. The normalized spacial score (nSPS) is 10.8. The standard InChI is InChI=1S/C25H21BrN2O3/c1-2-30-22-11-9-21(10-12-22)28-25(29)20(16-27)14-19-8-13-24(23(26)15-19)31-17-18-6-4-3-5-7-18/h3-15H,2,17H2,1H3,(H,28,29)/b20-14-. The highest BCUT2D eigenvalue weighted by molar-refractivity contribution is 9.10. The molecule has 0 radical (unpaired) electrons. The van der Waals surface area contributed by atoms with Crippen molar-refractivity contribution in [3.63, 3.8) is 0 Å². The van der Waals surface area contributed by atoms with Gasteiger partial charge >= 0.3 is 0 Å². The predicted molar refractivity (Wildman–Crippen MR) is 125 cm³/mol. The number of nitriles is 1. The molecule has 3 aromatic carbocycles. The van der Waals surface area contributed by atoms with E-state index in [9.17, 15) is 10.1 Å². The zero-order valence-electron chi connectivity index (χ0n) is 17.0. The summed E-state index contributed by atoms with van der Waals surface area (Å²) in [5.41, 5.74) is 2.35. The van der Waals surface area contributed by atoms with E-state index in [1.54, 1.807) is 36.4 Å². The Kier molecular flexibility index (Phi) is 7.85. The number of carbonyl (C=O) groups is 1. The van der Waals surface area contributed by atoms with Crippen molar-refractivity contribution >= 4 is 33.6 Å². The molecule has 0 aliphatic heterocycles. The molecule has 5 nitrogen and oxygen atoms in total. The lowest BCUT2D eigenvalue weighted by Crippen LogP contribution is -2.13. The van der Waals surface area contributed by atoms with Crippen molar-refractivity contribution < 1.29 is 14.3 Å². The molecule has 0 fully saturated rings. The molecular weight excluding hydrogens is 456 g/mol. The van der Waals surface area contributed by atoms with Crippen molar-refractivity contribution in [1.29, 1.82) is 5.26 Å². The highest BCUT2D eigenvalue weighted by Gasteiger charge is 2.11. The molecule has 1 amide bonds. The lowest BCUT2D eigenvalue weighted by molar-refractivity contribution is -0.112. The van der Waals surface area contributed by atoms with Gasteiger partial charge in [0, 0.05) is 5.69 Å². The fraction of sp³-hybridized carbons (Fsp3) is 0.120. The molecule has 0 spiro atoms. The van der Waals surface area contributed by atoms with Gasteiger partial charge in [-0.3, -0.25) is 4.79 Å². The van der Waals surface area contributed by atoms with Crippen LogP contribution in [0.4, 0.5) is 5.69 Å². The number of amides is 1. The van der Waals surface area contributed by atoms with Gasteiger partial charge in [-0.1, -0.05) is 36.4 Å². The summed E-state index contributed by atoms with van der Waals surface area (Å²) in [6.45, 7) is 2.92. The molecule has 0 saturated carbocycles. The summed E-state index contributed by atoms with van der Waals surface area (Å²) in [6, 6.07) is 24.2. The van der Waals surface area contributed by atoms with E-state index in [4.69, 9.17) is 9.47 Å². The smallest absolute Gasteiger partial charge is 0.266 e. The second-order valence-electron chi connectivity index (χ2n) is 6.55. The highest BCUT2D eigenvalue weighted by atomic mass is 79.9. The van der Waals surface area contributed by atoms with Crippen LogP contribution in [0.15, 0.2) is 82.8 Å². The van der Waals surface area contributed by atoms with Crippen LogP contribution < -0.4 is 14.8 Å². The Hall–Kier alpha value is -3.56. The van der Waals surface area contributed by atoms with Gasteiger partial charge in [-0.25, -0.2) is 0 Å². The van der Waals surface area contributed by atoms with Crippen LogP contribution in [0, 0.1) is 11.3 Å². The SMILES string of the molecule is CCOc1ccc(NC(=O)/C(C#N)=C\c2ccc(OCc3ccccc3)c(Br)c2)cc1. The third kappa shape index (κ3) is 6.46. The summed E-state index contributed by atoms with van der Waals surface area (Å²) in [6.07, 6.45) is 1.54. The predicted octanol–water partition coefficient (Wildman–Crippen LogP) is 5.97. The summed E-state index contributed by atoms with van der Waals surface area (Å²) in [5.74, 6) is 0.918. The Bertz CT molecular complexity index is 1100. The molecule has 6 heteroatoms. The first kappa shape index (κ1) is 22.1. The largest absolute Gasteiger partial charge is 0.494 e. The lowest BCUT2D eigenvalue weighted by Gasteiger charge is -2.09. The van der Waals surface area contributed by atoms with Crippen LogP contribution in [0.2, 0.25) is 0 Å². The van der Waals surface area contributed by atoms with Crippen LogP contribution in [0.3, 0.4) is 0 Å². The van der Waals surface area contributed by atoms with E-state index in [0.29, 0.717) is 30.2 Å². The maximum atomic E-state index is 12.5. The fourth-order valence-corrected chi connectivity index (χ4v) is 3.29. The van der Waals surface area contributed by atoms with Crippen LogP contribution in [0.25, 0.3) is 6.08 Å². The monoisotopic (exact) mass is 476 g/mol. The molecule has 1 N–H and O–H groups in total. The molecule has 3 rings (SSSR count). The van der Waals surface area contributed by atoms with Gasteiger partial charge in [-0.05, 0) is 76.5 Å². The van der Waals surface area contributed by atoms with Gasteiger partial charge < -0.3 is 14.8 Å². The first-order valence-corrected chi connectivity index (χ1v) is 10.5. The van der Waals surface area contributed by atoms with Gasteiger partial charge in [0.2, 0.25) is 0 Å². The second kappa shape index (κ2) is 11.0. The Labute approximate surface area is 190 Å². The van der Waals surface area contributed by atoms with E-state index in [2.05, 4.69) is 21.2 Å². The van der Waals surface area contributed by atoms with E-state index in [-0.39, 0.29) is 5.57 Å². The minimum absolute atomic E-state index is 0.00117. The summed E-state index contributed by atoms with van der Waals surface area (Å²) >= 11 is 3.49. The van der Waals surface area contributed by atoms with Gasteiger partial charge in [-0.15, -0.1) is 0 Å². The number of benzene rings is 3. The molecule has 0 unspecified atom stereocenters. The molecule has 0 heterocycles. The number of hydrogen-bond acceptors (Lipinski definition) is 4. The van der Waals surface area contributed by atoms with Crippen molar-refractivity contribution in [3.05, 3.63) is 94.0 Å². The minimum atomic E-state index is -0.479. The number of rotatable bonds is 8. The first-order valence-electron chi connectivity index (χ1n) is 9.71. The lowest BCUT2D eigenvalue weighted by atomic mass is 10.1. The molecule has 31 heavy (non-hydrogen) atoms. The van der Waals surface area contributed by atoms with E-state index in [1.807, 2.05) is 49.4 Å². The van der Waals surface area contributed by atoms with E-state index in [1.165, 1.54) is 6.08 Å². The zero-order chi connectivity index (χ0) is 22.1. The Morgan fingerprint density at radius 3 is 2.45 bits per heavy atom. The number of carbonyl (C=O) groups excluding carboxylic acids is 1. The number of ether oxygens (including phenoxy) is 2. The molecule has 0 saturated heterocycles. The summed E-state index contributed by atoms with van der Waals surface area (Å²) in [7, 11) is 0. The molecule has 3 aromatic rings. The van der Waals surface area contributed by atoms with Crippen LogP contribution in [0.1, 0.15) is 18.1 Å². The van der Waals surface area contributed by atoms with Crippen molar-refractivity contribution in [1.82, 2.24) is 0 Å². The van der Waals surface area contributed by atoms with E-state index < -0.39 is 5.91 Å². The quantitative estimate of drug-likeness (QED) is 0.321. The average molecular weight is 477 g/mol. The Balaban J connectivity index is 1.67. The topological polar surface area (TPSA) is 71.3 Å². The second-order valence-corrected chi connectivity index (χ2v) is 7.40.